The Morgan fingerprint density at radius 3 is 2.55 bits per heavy atom. The molecule has 0 bridgehead atoms. The molecule has 4 aromatic rings. The fourth-order valence-corrected chi connectivity index (χ4v) is 5.93. The van der Waals surface area contributed by atoms with Crippen LogP contribution in [0, 0.1) is 10.5 Å². The summed E-state index contributed by atoms with van der Waals surface area (Å²) in [5.41, 5.74) is 7.54. The maximum absolute atomic E-state index is 12.9. The average Bonchev–Trinajstić information content (AvgIpc) is 3.23. The van der Waals surface area contributed by atoms with Crippen molar-refractivity contribution in [2.24, 2.45) is 5.73 Å². The molecule has 9 nitrogen and oxygen atoms in total. The number of hydrogen-bond donors (Lipinski definition) is 2. The zero-order valence-corrected chi connectivity index (χ0v) is 24.0. The fourth-order valence-electron chi connectivity index (χ4n) is 5.32. The van der Waals surface area contributed by atoms with Crippen molar-refractivity contribution < 1.29 is 14.4 Å². The van der Waals surface area contributed by atoms with Crippen LogP contribution in [0.2, 0.25) is 0 Å². The minimum Gasteiger partial charge on any atom is -0.422 e. The summed E-state index contributed by atoms with van der Waals surface area (Å²) in [5.74, 6) is -0.212. The van der Waals surface area contributed by atoms with E-state index < -0.39 is 22.6 Å². The molecule has 1 aliphatic heterocycles. The van der Waals surface area contributed by atoms with E-state index in [0.29, 0.717) is 41.1 Å². The zero-order chi connectivity index (χ0) is 27.6. The summed E-state index contributed by atoms with van der Waals surface area (Å²) in [6.07, 6.45) is 2.01. The molecule has 2 aromatic heterocycles. The Labute approximate surface area is 233 Å². The number of nitrogens with zero attached hydrogens (tertiary/aromatic N) is 3. The van der Waals surface area contributed by atoms with E-state index in [1.807, 2.05) is 62.6 Å². The maximum Gasteiger partial charge on any atom is 0.349 e. The molecule has 38 heavy (non-hydrogen) atoms. The molecule has 10 heteroatoms. The minimum absolute atomic E-state index is 0.159. The summed E-state index contributed by atoms with van der Waals surface area (Å²) < 4.78 is 8.65. The third-order valence-electron chi connectivity index (χ3n) is 7.29. The number of primary amides is 1. The monoisotopic (exact) mass is 626 g/mol. The number of amides is 1. The number of hydroxylamine groups is 2. The fraction of sp³-hybridized carbons (Fsp3) is 0.321. The van der Waals surface area contributed by atoms with E-state index in [1.165, 1.54) is 0 Å². The van der Waals surface area contributed by atoms with Crippen LogP contribution >= 0.6 is 22.6 Å². The number of hydrogen-bond acceptors (Lipinski definition) is 6. The summed E-state index contributed by atoms with van der Waals surface area (Å²) in [4.78, 5) is 29.3. The van der Waals surface area contributed by atoms with Gasteiger partial charge in [0.2, 0.25) is 5.95 Å². The van der Waals surface area contributed by atoms with Crippen LogP contribution < -0.4 is 16.7 Å². The van der Waals surface area contributed by atoms with Gasteiger partial charge in [-0.05, 0) is 92.1 Å². The number of fused-ring (bicyclic) bond motifs is 2. The number of carbonyl (C=O) groups excluding carboxylic acids is 1. The lowest BCUT2D eigenvalue weighted by Crippen LogP contribution is -2.47. The first-order valence-corrected chi connectivity index (χ1v) is 13.3. The van der Waals surface area contributed by atoms with Gasteiger partial charge in [-0.3, -0.25) is 4.79 Å². The smallest absolute Gasteiger partial charge is 0.349 e. The van der Waals surface area contributed by atoms with Crippen molar-refractivity contribution in [1.82, 2.24) is 14.6 Å². The largest absolute Gasteiger partial charge is 0.422 e. The van der Waals surface area contributed by atoms with E-state index in [9.17, 15) is 14.8 Å². The molecule has 0 fully saturated rings. The molecule has 3 heterocycles. The molecule has 0 saturated heterocycles. The van der Waals surface area contributed by atoms with Gasteiger partial charge in [-0.15, -0.1) is 10.3 Å². The second-order valence-corrected chi connectivity index (χ2v) is 12.0. The highest BCUT2D eigenvalue weighted by Crippen LogP contribution is 2.39. The number of halogens is 1. The average molecular weight is 626 g/mol. The van der Waals surface area contributed by atoms with Gasteiger partial charge in [0.15, 0.2) is 0 Å². The van der Waals surface area contributed by atoms with Gasteiger partial charge in [0.25, 0.3) is 5.91 Å². The molecule has 0 unspecified atom stereocenters. The van der Waals surface area contributed by atoms with Crippen LogP contribution in [0.15, 0.2) is 57.3 Å². The van der Waals surface area contributed by atoms with E-state index in [0.717, 1.165) is 25.3 Å². The van der Waals surface area contributed by atoms with Crippen molar-refractivity contribution in [1.29, 1.82) is 0 Å². The van der Waals surface area contributed by atoms with E-state index >= 15 is 0 Å². The SMILES string of the molecule is Cc1c(C(N)=O)c(=O)oc2cc3c(cc12)nc(NCC1=CC(C)(C)N([O])C1(C)C)n3Cc1cccc(I)c1. The quantitative estimate of drug-likeness (QED) is 0.181. The Morgan fingerprint density at radius 1 is 1.18 bits per heavy atom. The van der Waals surface area contributed by atoms with Crippen LogP contribution in [0.1, 0.15) is 49.2 Å². The summed E-state index contributed by atoms with van der Waals surface area (Å²) >= 11 is 2.28. The Morgan fingerprint density at radius 2 is 1.92 bits per heavy atom. The predicted octanol–water partition coefficient (Wildman–Crippen LogP) is 4.76. The molecule has 0 atom stereocenters. The number of anilines is 1. The number of aryl methyl sites for hydroxylation is 1. The summed E-state index contributed by atoms with van der Waals surface area (Å²) in [6.45, 7) is 10.3. The standard InChI is InChI=1S/C28H29IN5O4/c1-15-19-10-20-21(11-22(19)38-25(36)23(15)24(30)35)33(14-16-7-6-8-18(29)9-16)26(32-20)31-13-17-12-27(2,3)34(37)28(17,4)5/h6-12H,13-14H2,1-5H3,(H2,30,35)(H,31,32). The molecule has 1 radical (unpaired) electrons. The highest BCUT2D eigenvalue weighted by molar-refractivity contribution is 14.1. The zero-order valence-electron chi connectivity index (χ0n) is 21.9. The first-order chi connectivity index (χ1) is 17.8. The van der Waals surface area contributed by atoms with E-state index in [-0.39, 0.29) is 5.56 Å². The van der Waals surface area contributed by atoms with Gasteiger partial charge in [0.05, 0.1) is 28.7 Å². The molecular formula is C28H29IN5O4. The lowest BCUT2D eigenvalue weighted by atomic mass is 9.96. The number of aromatic nitrogens is 2. The topological polar surface area (TPSA) is 126 Å². The molecule has 0 spiro atoms. The van der Waals surface area contributed by atoms with E-state index in [4.69, 9.17) is 15.1 Å². The van der Waals surface area contributed by atoms with Gasteiger partial charge in [0.1, 0.15) is 11.1 Å². The molecule has 2 aromatic carbocycles. The highest BCUT2D eigenvalue weighted by Gasteiger charge is 2.46. The predicted molar refractivity (Wildman–Crippen MR) is 155 cm³/mol. The second kappa shape index (κ2) is 9.21. The van der Waals surface area contributed by atoms with Gasteiger partial charge in [-0.1, -0.05) is 18.2 Å². The maximum atomic E-state index is 12.9. The minimum atomic E-state index is -0.826. The van der Waals surface area contributed by atoms with Crippen molar-refractivity contribution in [3.05, 3.63) is 78.7 Å². The van der Waals surface area contributed by atoms with Crippen LogP contribution in [0.4, 0.5) is 5.95 Å². The van der Waals surface area contributed by atoms with Gasteiger partial charge >= 0.3 is 5.63 Å². The van der Waals surface area contributed by atoms with Crippen molar-refractivity contribution in [2.75, 3.05) is 11.9 Å². The van der Waals surface area contributed by atoms with Crippen LogP contribution in [-0.2, 0) is 11.8 Å². The van der Waals surface area contributed by atoms with Gasteiger partial charge < -0.3 is 20.0 Å². The van der Waals surface area contributed by atoms with Crippen LogP contribution in [0.3, 0.4) is 0 Å². The molecule has 3 N–H and O–H groups in total. The second-order valence-electron chi connectivity index (χ2n) is 10.8. The third kappa shape index (κ3) is 4.40. The Hall–Kier alpha value is -3.22. The van der Waals surface area contributed by atoms with Crippen molar-refractivity contribution in [2.45, 2.75) is 52.2 Å². The molecule has 1 amide bonds. The van der Waals surface area contributed by atoms with Crippen molar-refractivity contribution in [3.8, 4) is 0 Å². The van der Waals surface area contributed by atoms with Crippen LogP contribution in [0.25, 0.3) is 22.0 Å². The van der Waals surface area contributed by atoms with Crippen LogP contribution in [-0.4, -0.2) is 38.1 Å². The van der Waals surface area contributed by atoms with Crippen LogP contribution in [0.5, 0.6) is 0 Å². The van der Waals surface area contributed by atoms with Crippen molar-refractivity contribution in [3.63, 3.8) is 0 Å². The third-order valence-corrected chi connectivity index (χ3v) is 7.96. The van der Waals surface area contributed by atoms with E-state index in [2.05, 4.69) is 34.0 Å². The summed E-state index contributed by atoms with van der Waals surface area (Å²) in [6, 6.07) is 11.8. The lowest BCUT2D eigenvalue weighted by molar-refractivity contribution is -0.238. The normalized spacial score (nSPS) is 16.8. The Balaban J connectivity index is 1.64. The number of benzene rings is 2. The molecule has 1 aliphatic rings. The number of carbonyl (C=O) groups is 1. The number of nitrogens with two attached hydrogens (primary N) is 1. The summed E-state index contributed by atoms with van der Waals surface area (Å²) in [5, 5.41) is 18.0. The molecule has 0 aliphatic carbocycles. The highest BCUT2D eigenvalue weighted by atomic mass is 127. The first kappa shape index (κ1) is 26.4. The first-order valence-electron chi connectivity index (χ1n) is 12.2. The summed E-state index contributed by atoms with van der Waals surface area (Å²) in [7, 11) is 0. The Bertz CT molecular complexity index is 1700. The van der Waals surface area contributed by atoms with Gasteiger partial charge in [-0.25, -0.2) is 9.78 Å². The lowest BCUT2D eigenvalue weighted by Gasteiger charge is -2.34. The molecular weight excluding hydrogens is 597 g/mol. The number of imidazole rings is 1. The van der Waals surface area contributed by atoms with Gasteiger partial charge in [-0.2, -0.15) is 0 Å². The van der Waals surface area contributed by atoms with Gasteiger partial charge in [0, 0.05) is 21.6 Å². The molecule has 0 saturated carbocycles. The number of rotatable bonds is 6. The van der Waals surface area contributed by atoms with E-state index in [1.54, 1.807) is 13.0 Å². The molecule has 197 valence electrons. The number of nitrogens with one attached hydrogen (secondary N) is 1. The Kier molecular flexibility index (Phi) is 6.40. The molecule has 5 rings (SSSR count). The van der Waals surface area contributed by atoms with Crippen molar-refractivity contribution >= 4 is 56.4 Å².